The number of amides is 1. The van der Waals surface area contributed by atoms with E-state index in [1.54, 1.807) is 27.7 Å². The van der Waals surface area contributed by atoms with Crippen LogP contribution in [0.5, 0.6) is 0 Å². The molecule has 1 fully saturated rings. The maximum absolute atomic E-state index is 12.1. The number of hydrogen-bond donors (Lipinski definition) is 2. The van der Waals surface area contributed by atoms with E-state index in [-0.39, 0.29) is 5.91 Å². The number of thioether (sulfide) groups is 1. The third-order valence-electron chi connectivity index (χ3n) is 4.36. The van der Waals surface area contributed by atoms with Crippen molar-refractivity contribution in [1.82, 2.24) is 5.32 Å². The maximum atomic E-state index is 12.1. The van der Waals surface area contributed by atoms with Crippen LogP contribution in [0.4, 0.5) is 0 Å². The van der Waals surface area contributed by atoms with Crippen LogP contribution in [0.25, 0.3) is 0 Å². The zero-order valence-corrected chi connectivity index (χ0v) is 13.1. The number of carboxylic acids is 1. The van der Waals surface area contributed by atoms with Gasteiger partial charge in [-0.05, 0) is 58.0 Å². The second kappa shape index (κ2) is 6.16. The molecule has 0 bridgehead atoms. The molecule has 0 spiro atoms. The Kier molecular flexibility index (Phi) is 5.30. The zero-order valence-electron chi connectivity index (χ0n) is 12.3. The Hall–Kier alpha value is -0.710. The van der Waals surface area contributed by atoms with Crippen molar-refractivity contribution in [3.63, 3.8) is 0 Å². The van der Waals surface area contributed by atoms with Gasteiger partial charge < -0.3 is 10.4 Å². The van der Waals surface area contributed by atoms with E-state index in [0.717, 1.165) is 24.3 Å². The number of aliphatic carboxylic acids is 1. The maximum Gasteiger partial charge on any atom is 0.311 e. The molecule has 0 aromatic carbocycles. The quantitative estimate of drug-likeness (QED) is 0.815. The monoisotopic (exact) mass is 287 g/mol. The van der Waals surface area contributed by atoms with Gasteiger partial charge >= 0.3 is 5.97 Å². The largest absolute Gasteiger partial charge is 0.481 e. The van der Waals surface area contributed by atoms with Crippen LogP contribution in [0, 0.1) is 11.3 Å². The van der Waals surface area contributed by atoms with Gasteiger partial charge in [0.05, 0.1) is 5.41 Å². The number of rotatable bonds is 5. The van der Waals surface area contributed by atoms with Gasteiger partial charge in [-0.3, -0.25) is 9.59 Å². The summed E-state index contributed by atoms with van der Waals surface area (Å²) in [5.74, 6) is 1.78. The summed E-state index contributed by atoms with van der Waals surface area (Å²) in [6, 6.07) is 0. The molecular weight excluding hydrogens is 262 g/mol. The van der Waals surface area contributed by atoms with E-state index in [1.807, 2.05) is 11.8 Å². The molecule has 0 aromatic heterocycles. The molecule has 1 saturated heterocycles. The summed E-state index contributed by atoms with van der Waals surface area (Å²) in [4.78, 5) is 23.4. The number of carbonyl (C=O) groups excluding carboxylic acids is 1. The van der Waals surface area contributed by atoms with Gasteiger partial charge in [-0.15, -0.1) is 0 Å². The molecule has 2 N–H and O–H groups in total. The molecule has 5 heteroatoms. The summed E-state index contributed by atoms with van der Waals surface area (Å²) in [6.45, 7) is 6.84. The average Bonchev–Trinajstić information content (AvgIpc) is 2.28. The van der Waals surface area contributed by atoms with Crippen molar-refractivity contribution >= 4 is 23.6 Å². The van der Waals surface area contributed by atoms with Crippen molar-refractivity contribution in [1.29, 1.82) is 0 Å². The standard InChI is InChI=1S/C14H25NO3S/c1-13(2,12(17)18)14(3,4)15-11(16)9-10-5-7-19-8-6-10/h10H,5-9H2,1-4H3,(H,15,16)(H,17,18). The highest BCUT2D eigenvalue weighted by atomic mass is 32.2. The van der Waals surface area contributed by atoms with Crippen LogP contribution in [0.3, 0.4) is 0 Å². The van der Waals surface area contributed by atoms with Crippen LogP contribution in [-0.2, 0) is 9.59 Å². The van der Waals surface area contributed by atoms with Gasteiger partial charge in [0.1, 0.15) is 0 Å². The van der Waals surface area contributed by atoms with E-state index in [2.05, 4.69) is 5.32 Å². The van der Waals surface area contributed by atoms with Crippen molar-refractivity contribution in [3.05, 3.63) is 0 Å². The molecule has 110 valence electrons. The Labute approximate surface area is 119 Å². The lowest BCUT2D eigenvalue weighted by Gasteiger charge is -2.39. The highest BCUT2D eigenvalue weighted by molar-refractivity contribution is 7.99. The molecule has 0 atom stereocenters. The molecule has 1 aliphatic rings. The zero-order chi connectivity index (χ0) is 14.7. The van der Waals surface area contributed by atoms with Crippen molar-refractivity contribution in [2.24, 2.45) is 11.3 Å². The molecular formula is C14H25NO3S. The van der Waals surface area contributed by atoms with E-state index >= 15 is 0 Å². The van der Waals surface area contributed by atoms with Crippen LogP contribution in [-0.4, -0.2) is 34.0 Å². The van der Waals surface area contributed by atoms with Gasteiger partial charge in [0.2, 0.25) is 5.91 Å². The fourth-order valence-corrected chi connectivity index (χ4v) is 3.24. The molecule has 0 unspecified atom stereocenters. The Morgan fingerprint density at radius 1 is 1.21 bits per heavy atom. The first-order chi connectivity index (χ1) is 8.67. The summed E-state index contributed by atoms with van der Waals surface area (Å²) in [7, 11) is 0. The Morgan fingerprint density at radius 2 is 1.74 bits per heavy atom. The predicted molar refractivity (Wildman–Crippen MR) is 78.3 cm³/mol. The minimum Gasteiger partial charge on any atom is -0.481 e. The smallest absolute Gasteiger partial charge is 0.311 e. The lowest BCUT2D eigenvalue weighted by Crippen LogP contribution is -2.57. The molecule has 0 aromatic rings. The number of carbonyl (C=O) groups is 2. The first-order valence-corrected chi connectivity index (χ1v) is 7.94. The lowest BCUT2D eigenvalue weighted by molar-refractivity contribution is -0.151. The highest BCUT2D eigenvalue weighted by Crippen LogP contribution is 2.31. The van der Waals surface area contributed by atoms with E-state index < -0.39 is 16.9 Å². The molecule has 4 nitrogen and oxygen atoms in total. The van der Waals surface area contributed by atoms with E-state index in [9.17, 15) is 14.7 Å². The van der Waals surface area contributed by atoms with E-state index in [4.69, 9.17) is 0 Å². The van der Waals surface area contributed by atoms with Gasteiger partial charge in [0.15, 0.2) is 0 Å². The SMILES string of the molecule is CC(C)(NC(=O)CC1CCSCC1)C(C)(C)C(=O)O. The van der Waals surface area contributed by atoms with Crippen LogP contribution in [0.15, 0.2) is 0 Å². The molecule has 1 amide bonds. The van der Waals surface area contributed by atoms with Crippen molar-refractivity contribution in [3.8, 4) is 0 Å². The molecule has 1 rings (SSSR count). The summed E-state index contributed by atoms with van der Waals surface area (Å²) < 4.78 is 0. The van der Waals surface area contributed by atoms with Crippen LogP contribution < -0.4 is 5.32 Å². The number of hydrogen-bond acceptors (Lipinski definition) is 3. The summed E-state index contributed by atoms with van der Waals surface area (Å²) in [6.07, 6.45) is 2.68. The van der Waals surface area contributed by atoms with Crippen molar-refractivity contribution < 1.29 is 14.7 Å². The summed E-state index contributed by atoms with van der Waals surface area (Å²) in [5, 5.41) is 12.2. The average molecular weight is 287 g/mol. The highest BCUT2D eigenvalue weighted by Gasteiger charge is 2.44. The number of carboxylic acid groups (broad SMARTS) is 1. The van der Waals surface area contributed by atoms with Gasteiger partial charge in [0.25, 0.3) is 0 Å². The van der Waals surface area contributed by atoms with E-state index in [0.29, 0.717) is 12.3 Å². The first kappa shape index (κ1) is 16.3. The molecule has 0 saturated carbocycles. The Morgan fingerprint density at radius 3 is 2.21 bits per heavy atom. The third-order valence-corrected chi connectivity index (χ3v) is 5.41. The predicted octanol–water partition coefficient (Wildman–Crippen LogP) is 2.53. The Bertz CT molecular complexity index is 347. The normalized spacial score (nSPS) is 18.1. The van der Waals surface area contributed by atoms with Gasteiger partial charge in [-0.25, -0.2) is 0 Å². The molecule has 1 aliphatic heterocycles. The third kappa shape index (κ3) is 4.13. The molecule has 19 heavy (non-hydrogen) atoms. The van der Waals surface area contributed by atoms with Gasteiger partial charge in [0, 0.05) is 12.0 Å². The fraction of sp³-hybridized carbons (Fsp3) is 0.857. The minimum atomic E-state index is -0.995. The van der Waals surface area contributed by atoms with Gasteiger partial charge in [-0.1, -0.05) is 0 Å². The second-order valence-corrected chi connectivity index (χ2v) is 7.59. The lowest BCUT2D eigenvalue weighted by atomic mass is 9.74. The first-order valence-electron chi connectivity index (χ1n) is 6.79. The van der Waals surface area contributed by atoms with E-state index in [1.165, 1.54) is 0 Å². The second-order valence-electron chi connectivity index (χ2n) is 6.36. The minimum absolute atomic E-state index is 0.0313. The topological polar surface area (TPSA) is 66.4 Å². The number of nitrogens with one attached hydrogen (secondary N) is 1. The van der Waals surface area contributed by atoms with Crippen LogP contribution in [0.2, 0.25) is 0 Å². The van der Waals surface area contributed by atoms with Gasteiger partial charge in [-0.2, -0.15) is 11.8 Å². The van der Waals surface area contributed by atoms with Crippen molar-refractivity contribution in [2.75, 3.05) is 11.5 Å². The van der Waals surface area contributed by atoms with Crippen LogP contribution >= 0.6 is 11.8 Å². The molecule has 0 aliphatic carbocycles. The fourth-order valence-electron chi connectivity index (χ4n) is 2.04. The molecule has 0 radical (unpaired) electrons. The summed E-state index contributed by atoms with van der Waals surface area (Å²) in [5.41, 5.74) is -1.76. The van der Waals surface area contributed by atoms with Crippen molar-refractivity contribution in [2.45, 2.75) is 52.5 Å². The van der Waals surface area contributed by atoms with Crippen LogP contribution in [0.1, 0.15) is 47.0 Å². The Balaban J connectivity index is 2.57. The summed E-state index contributed by atoms with van der Waals surface area (Å²) >= 11 is 1.94. The molecule has 1 heterocycles.